The first-order valence-electron chi connectivity index (χ1n) is 5.07. The van der Waals surface area contributed by atoms with Crippen molar-refractivity contribution in [1.29, 1.82) is 0 Å². The minimum atomic E-state index is 0.0745. The van der Waals surface area contributed by atoms with E-state index in [-0.39, 0.29) is 5.60 Å². The summed E-state index contributed by atoms with van der Waals surface area (Å²) < 4.78 is 5.57. The van der Waals surface area contributed by atoms with Crippen LogP contribution in [-0.4, -0.2) is 19.3 Å². The molecule has 0 aliphatic heterocycles. The Morgan fingerprint density at radius 2 is 2.17 bits per heavy atom. The Hall–Kier alpha value is -0.0800. The molecule has 70 valence electrons. The molecule has 0 bridgehead atoms. The molecule has 0 aromatic rings. The lowest BCUT2D eigenvalue weighted by Gasteiger charge is -2.56. The van der Waals surface area contributed by atoms with Gasteiger partial charge in [0.15, 0.2) is 0 Å². The average molecular weight is 169 g/mol. The van der Waals surface area contributed by atoms with Gasteiger partial charge in [-0.3, -0.25) is 0 Å². The fraction of sp³-hybridized carbons (Fsp3) is 1.00. The number of ether oxygens (including phenoxy) is 1. The molecule has 2 saturated carbocycles. The van der Waals surface area contributed by atoms with Crippen LogP contribution in [-0.2, 0) is 4.74 Å². The van der Waals surface area contributed by atoms with E-state index in [4.69, 9.17) is 10.5 Å². The Bertz CT molecular complexity index is 165. The van der Waals surface area contributed by atoms with Gasteiger partial charge in [0.2, 0.25) is 0 Å². The van der Waals surface area contributed by atoms with Crippen LogP contribution in [0.4, 0.5) is 0 Å². The van der Waals surface area contributed by atoms with Crippen molar-refractivity contribution in [2.45, 2.75) is 37.7 Å². The van der Waals surface area contributed by atoms with Crippen molar-refractivity contribution in [1.82, 2.24) is 0 Å². The van der Waals surface area contributed by atoms with Gasteiger partial charge < -0.3 is 10.5 Å². The van der Waals surface area contributed by atoms with Crippen LogP contribution in [0.3, 0.4) is 0 Å². The van der Waals surface area contributed by atoms with Crippen molar-refractivity contribution < 1.29 is 4.74 Å². The Balaban J connectivity index is 2.02. The number of rotatable bonds is 2. The Labute approximate surface area is 74.5 Å². The van der Waals surface area contributed by atoms with Gasteiger partial charge in [-0.25, -0.2) is 0 Å². The van der Waals surface area contributed by atoms with Crippen LogP contribution in [0.1, 0.15) is 32.1 Å². The molecule has 2 fully saturated rings. The summed E-state index contributed by atoms with van der Waals surface area (Å²) in [6, 6.07) is 0. The third-order valence-corrected chi connectivity index (χ3v) is 3.94. The van der Waals surface area contributed by atoms with Gasteiger partial charge >= 0.3 is 0 Å². The van der Waals surface area contributed by atoms with Crippen LogP contribution in [0.15, 0.2) is 0 Å². The number of hydrogen-bond acceptors (Lipinski definition) is 2. The number of methoxy groups -OCH3 is 1. The van der Waals surface area contributed by atoms with Crippen LogP contribution in [0.25, 0.3) is 0 Å². The van der Waals surface area contributed by atoms with Crippen LogP contribution < -0.4 is 5.73 Å². The second-order valence-corrected chi connectivity index (χ2v) is 4.33. The summed E-state index contributed by atoms with van der Waals surface area (Å²) in [4.78, 5) is 0. The summed E-state index contributed by atoms with van der Waals surface area (Å²) >= 11 is 0. The fourth-order valence-electron chi connectivity index (χ4n) is 3.13. The molecule has 0 amide bonds. The zero-order valence-corrected chi connectivity index (χ0v) is 7.88. The summed E-state index contributed by atoms with van der Waals surface area (Å²) in [6.45, 7) is 0.713. The average Bonchev–Trinajstić information content (AvgIpc) is 2.09. The van der Waals surface area contributed by atoms with Crippen LogP contribution in [0, 0.1) is 11.8 Å². The molecule has 2 heteroatoms. The van der Waals surface area contributed by atoms with Gasteiger partial charge in [0, 0.05) is 13.7 Å². The quantitative estimate of drug-likeness (QED) is 0.680. The molecule has 2 aliphatic rings. The van der Waals surface area contributed by atoms with Gasteiger partial charge in [0.1, 0.15) is 0 Å². The molecule has 0 aromatic heterocycles. The zero-order valence-electron chi connectivity index (χ0n) is 7.88. The molecular weight excluding hydrogens is 150 g/mol. The van der Waals surface area contributed by atoms with Gasteiger partial charge in [-0.1, -0.05) is 12.8 Å². The van der Waals surface area contributed by atoms with E-state index in [1.165, 1.54) is 32.1 Å². The van der Waals surface area contributed by atoms with Crippen molar-refractivity contribution in [2.24, 2.45) is 17.6 Å². The highest BCUT2D eigenvalue weighted by atomic mass is 16.5. The molecule has 0 saturated heterocycles. The fourth-order valence-corrected chi connectivity index (χ4v) is 3.13. The molecule has 12 heavy (non-hydrogen) atoms. The van der Waals surface area contributed by atoms with E-state index in [0.29, 0.717) is 6.54 Å². The topological polar surface area (TPSA) is 35.2 Å². The predicted molar refractivity (Wildman–Crippen MR) is 48.9 cm³/mol. The van der Waals surface area contributed by atoms with E-state index >= 15 is 0 Å². The first kappa shape index (κ1) is 8.52. The summed E-state index contributed by atoms with van der Waals surface area (Å²) in [5, 5.41) is 0. The Morgan fingerprint density at radius 3 is 2.75 bits per heavy atom. The number of fused-ring (bicyclic) bond motifs is 1. The lowest BCUT2D eigenvalue weighted by atomic mass is 9.55. The van der Waals surface area contributed by atoms with Crippen molar-refractivity contribution in [3.05, 3.63) is 0 Å². The summed E-state index contributed by atoms with van der Waals surface area (Å²) in [6.07, 6.45) is 6.77. The zero-order chi connectivity index (χ0) is 8.60. The summed E-state index contributed by atoms with van der Waals surface area (Å²) in [7, 11) is 1.82. The van der Waals surface area contributed by atoms with E-state index < -0.39 is 0 Å². The Morgan fingerprint density at radius 1 is 1.42 bits per heavy atom. The van der Waals surface area contributed by atoms with E-state index in [9.17, 15) is 0 Å². The molecule has 0 radical (unpaired) electrons. The van der Waals surface area contributed by atoms with Crippen molar-refractivity contribution in [3.8, 4) is 0 Å². The molecule has 1 unspecified atom stereocenters. The highest BCUT2D eigenvalue weighted by molar-refractivity contribution is 5.05. The molecular formula is C10H19NO. The molecule has 2 aliphatic carbocycles. The third kappa shape index (κ3) is 1.01. The molecule has 2 N–H and O–H groups in total. The monoisotopic (exact) mass is 169 g/mol. The van der Waals surface area contributed by atoms with E-state index in [2.05, 4.69) is 0 Å². The van der Waals surface area contributed by atoms with Crippen LogP contribution in [0.5, 0.6) is 0 Å². The van der Waals surface area contributed by atoms with Gasteiger partial charge in [-0.15, -0.1) is 0 Å². The Kier molecular flexibility index (Phi) is 2.13. The molecule has 0 spiro atoms. The third-order valence-electron chi connectivity index (χ3n) is 3.94. The van der Waals surface area contributed by atoms with E-state index in [0.717, 1.165) is 11.8 Å². The van der Waals surface area contributed by atoms with Gasteiger partial charge in [0.05, 0.1) is 5.60 Å². The van der Waals surface area contributed by atoms with Gasteiger partial charge in [0.25, 0.3) is 0 Å². The van der Waals surface area contributed by atoms with E-state index in [1.54, 1.807) is 0 Å². The normalized spacial score (nSPS) is 46.5. The SMILES string of the molecule is COC1(CN)C[C@@H]2CCCC[C@@H]21. The molecule has 0 aromatic carbocycles. The summed E-state index contributed by atoms with van der Waals surface area (Å²) in [5.41, 5.74) is 5.84. The first-order valence-corrected chi connectivity index (χ1v) is 5.07. The second kappa shape index (κ2) is 3.00. The molecule has 2 rings (SSSR count). The lowest BCUT2D eigenvalue weighted by molar-refractivity contribution is -0.168. The number of hydrogen-bond donors (Lipinski definition) is 1. The maximum atomic E-state index is 5.76. The second-order valence-electron chi connectivity index (χ2n) is 4.33. The number of nitrogens with two attached hydrogens (primary N) is 1. The standard InChI is InChI=1S/C10H19NO/c1-12-10(7-11)6-8-4-2-3-5-9(8)10/h8-9H,2-7,11H2,1H3/t8-,9-,10?/m0/s1. The van der Waals surface area contributed by atoms with E-state index in [1.807, 2.05) is 7.11 Å². The first-order chi connectivity index (χ1) is 5.82. The van der Waals surface area contributed by atoms with Gasteiger partial charge in [-0.05, 0) is 31.1 Å². The smallest absolute Gasteiger partial charge is 0.0833 e. The highest BCUT2D eigenvalue weighted by Gasteiger charge is 2.53. The maximum Gasteiger partial charge on any atom is 0.0833 e. The lowest BCUT2D eigenvalue weighted by Crippen LogP contribution is -2.60. The van der Waals surface area contributed by atoms with Crippen molar-refractivity contribution >= 4 is 0 Å². The maximum absolute atomic E-state index is 5.76. The molecule has 0 heterocycles. The minimum Gasteiger partial charge on any atom is -0.377 e. The van der Waals surface area contributed by atoms with Crippen LogP contribution in [0.2, 0.25) is 0 Å². The predicted octanol–water partition coefficient (Wildman–Crippen LogP) is 1.54. The van der Waals surface area contributed by atoms with Crippen LogP contribution >= 0.6 is 0 Å². The molecule has 2 nitrogen and oxygen atoms in total. The van der Waals surface area contributed by atoms with Crippen molar-refractivity contribution in [2.75, 3.05) is 13.7 Å². The minimum absolute atomic E-state index is 0.0745. The highest BCUT2D eigenvalue weighted by Crippen LogP contribution is 2.53. The van der Waals surface area contributed by atoms with Crippen molar-refractivity contribution in [3.63, 3.8) is 0 Å². The van der Waals surface area contributed by atoms with Gasteiger partial charge in [-0.2, -0.15) is 0 Å². The molecule has 3 atom stereocenters. The largest absolute Gasteiger partial charge is 0.377 e. The summed E-state index contributed by atoms with van der Waals surface area (Å²) in [5.74, 6) is 1.71.